The molecular weight excluding hydrogens is 202 g/mol. The van der Waals surface area contributed by atoms with Crippen molar-refractivity contribution in [1.82, 2.24) is 0 Å². The number of hydrogen-bond acceptors (Lipinski definition) is 3. The minimum Gasteiger partial charge on any atom is -0.492 e. The highest BCUT2D eigenvalue weighted by Crippen LogP contribution is 2.26. The molecular formula is C10H14ClNO2. The first-order valence-corrected chi connectivity index (χ1v) is 4.90. The van der Waals surface area contributed by atoms with E-state index in [1.807, 2.05) is 0 Å². The second-order valence-electron chi connectivity index (χ2n) is 2.97. The Hall–Kier alpha value is -0.930. The molecule has 0 unspecified atom stereocenters. The van der Waals surface area contributed by atoms with Crippen LogP contribution in [0, 0.1) is 0 Å². The topological polar surface area (TPSA) is 55.5 Å². The lowest BCUT2D eigenvalue weighted by Gasteiger charge is -2.07. The number of ether oxygens (including phenoxy) is 1. The van der Waals surface area contributed by atoms with E-state index in [2.05, 4.69) is 0 Å². The van der Waals surface area contributed by atoms with Crippen molar-refractivity contribution in [2.45, 2.75) is 12.8 Å². The van der Waals surface area contributed by atoms with Gasteiger partial charge in [0.05, 0.1) is 11.6 Å². The van der Waals surface area contributed by atoms with Crippen LogP contribution in [0.25, 0.3) is 0 Å². The molecule has 1 aromatic carbocycles. The Bertz CT molecular complexity index is 291. The van der Waals surface area contributed by atoms with Crippen molar-refractivity contribution in [3.63, 3.8) is 0 Å². The van der Waals surface area contributed by atoms with Crippen molar-refractivity contribution >= 4 is 17.3 Å². The number of aliphatic hydroxyl groups excluding tert-OH is 1. The van der Waals surface area contributed by atoms with E-state index >= 15 is 0 Å². The van der Waals surface area contributed by atoms with E-state index in [0.717, 1.165) is 12.8 Å². The van der Waals surface area contributed by atoms with E-state index in [1.54, 1.807) is 18.2 Å². The number of unbranched alkanes of at least 4 members (excludes halogenated alkanes) is 1. The third-order valence-electron chi connectivity index (χ3n) is 1.77. The molecule has 0 atom stereocenters. The largest absolute Gasteiger partial charge is 0.492 e. The Labute approximate surface area is 88.4 Å². The summed E-state index contributed by atoms with van der Waals surface area (Å²) >= 11 is 5.89. The molecule has 0 radical (unpaired) electrons. The van der Waals surface area contributed by atoms with E-state index in [-0.39, 0.29) is 6.61 Å². The fraction of sp³-hybridized carbons (Fsp3) is 0.400. The second-order valence-corrected chi connectivity index (χ2v) is 3.38. The van der Waals surface area contributed by atoms with Crippen molar-refractivity contribution in [2.75, 3.05) is 18.9 Å². The van der Waals surface area contributed by atoms with Crippen LogP contribution in [0.3, 0.4) is 0 Å². The van der Waals surface area contributed by atoms with Gasteiger partial charge in [0.25, 0.3) is 0 Å². The number of nitrogen functional groups attached to an aromatic ring is 1. The highest BCUT2D eigenvalue weighted by molar-refractivity contribution is 6.32. The van der Waals surface area contributed by atoms with Crippen LogP contribution < -0.4 is 10.5 Å². The zero-order valence-corrected chi connectivity index (χ0v) is 8.63. The lowest BCUT2D eigenvalue weighted by molar-refractivity contribution is 0.253. The van der Waals surface area contributed by atoms with E-state index < -0.39 is 0 Å². The highest BCUT2D eigenvalue weighted by Gasteiger charge is 2.00. The lowest BCUT2D eigenvalue weighted by Crippen LogP contribution is -1.99. The van der Waals surface area contributed by atoms with Crippen molar-refractivity contribution in [3.05, 3.63) is 23.2 Å². The fourth-order valence-electron chi connectivity index (χ4n) is 1.03. The third-order valence-corrected chi connectivity index (χ3v) is 2.06. The summed E-state index contributed by atoms with van der Waals surface area (Å²) in [6, 6.07) is 5.15. The zero-order valence-electron chi connectivity index (χ0n) is 7.87. The molecule has 1 rings (SSSR count). The number of halogens is 1. The zero-order chi connectivity index (χ0) is 10.4. The van der Waals surface area contributed by atoms with Gasteiger partial charge in [-0.3, -0.25) is 0 Å². The average molecular weight is 216 g/mol. The van der Waals surface area contributed by atoms with E-state index in [9.17, 15) is 0 Å². The Balaban J connectivity index is 2.42. The summed E-state index contributed by atoms with van der Waals surface area (Å²) in [7, 11) is 0. The Kier molecular flexibility index (Phi) is 4.56. The number of benzene rings is 1. The molecule has 1 aromatic rings. The van der Waals surface area contributed by atoms with Crippen LogP contribution in [-0.2, 0) is 0 Å². The summed E-state index contributed by atoms with van der Waals surface area (Å²) in [5.41, 5.74) is 6.15. The van der Waals surface area contributed by atoms with Crippen molar-refractivity contribution < 1.29 is 9.84 Å². The smallest absolute Gasteiger partial charge is 0.138 e. The van der Waals surface area contributed by atoms with Crippen molar-refractivity contribution in [3.8, 4) is 5.75 Å². The lowest BCUT2D eigenvalue weighted by atomic mass is 10.3. The Morgan fingerprint density at radius 3 is 2.79 bits per heavy atom. The maximum Gasteiger partial charge on any atom is 0.138 e. The van der Waals surface area contributed by atoms with Gasteiger partial charge in [-0.15, -0.1) is 0 Å². The SMILES string of the molecule is Nc1ccc(OCCCCO)c(Cl)c1. The van der Waals surface area contributed by atoms with Crippen LogP contribution in [0.4, 0.5) is 5.69 Å². The van der Waals surface area contributed by atoms with Crippen LogP contribution in [0.15, 0.2) is 18.2 Å². The first-order chi connectivity index (χ1) is 6.74. The minimum atomic E-state index is 0.193. The molecule has 0 amide bonds. The summed E-state index contributed by atoms with van der Waals surface area (Å²) < 4.78 is 5.40. The number of hydrogen-bond donors (Lipinski definition) is 2. The predicted molar refractivity (Wildman–Crippen MR) is 57.7 cm³/mol. The molecule has 0 aliphatic carbocycles. The van der Waals surface area contributed by atoms with Crippen LogP contribution >= 0.6 is 11.6 Å². The molecule has 4 heteroatoms. The maximum atomic E-state index is 8.56. The van der Waals surface area contributed by atoms with Gasteiger partial charge in [0.2, 0.25) is 0 Å². The monoisotopic (exact) mass is 215 g/mol. The first kappa shape index (κ1) is 11.1. The maximum absolute atomic E-state index is 8.56. The molecule has 0 saturated heterocycles. The Morgan fingerprint density at radius 2 is 2.14 bits per heavy atom. The van der Waals surface area contributed by atoms with E-state index in [1.165, 1.54) is 0 Å². The molecule has 0 bridgehead atoms. The quantitative estimate of drug-likeness (QED) is 0.584. The van der Waals surface area contributed by atoms with Gasteiger partial charge in [-0.2, -0.15) is 0 Å². The van der Waals surface area contributed by atoms with Gasteiger partial charge in [-0.25, -0.2) is 0 Å². The molecule has 0 fully saturated rings. The van der Waals surface area contributed by atoms with Gasteiger partial charge in [0, 0.05) is 12.3 Å². The molecule has 0 saturated carbocycles. The molecule has 0 aliphatic rings. The normalized spacial score (nSPS) is 10.1. The van der Waals surface area contributed by atoms with Gasteiger partial charge < -0.3 is 15.6 Å². The summed E-state index contributed by atoms with van der Waals surface area (Å²) in [6.07, 6.45) is 1.56. The highest BCUT2D eigenvalue weighted by atomic mass is 35.5. The Morgan fingerprint density at radius 1 is 1.36 bits per heavy atom. The van der Waals surface area contributed by atoms with Crippen LogP contribution in [0.5, 0.6) is 5.75 Å². The number of nitrogens with two attached hydrogens (primary N) is 1. The molecule has 0 aromatic heterocycles. The minimum absolute atomic E-state index is 0.193. The van der Waals surface area contributed by atoms with Gasteiger partial charge in [0.15, 0.2) is 0 Å². The van der Waals surface area contributed by atoms with Crippen LogP contribution in [0.2, 0.25) is 5.02 Å². The summed E-state index contributed by atoms with van der Waals surface area (Å²) in [5.74, 6) is 0.638. The van der Waals surface area contributed by atoms with Gasteiger partial charge in [-0.1, -0.05) is 11.6 Å². The number of aliphatic hydroxyl groups is 1. The van der Waals surface area contributed by atoms with E-state index in [0.29, 0.717) is 23.1 Å². The summed E-state index contributed by atoms with van der Waals surface area (Å²) in [4.78, 5) is 0. The molecule has 0 aliphatic heterocycles. The summed E-state index contributed by atoms with van der Waals surface area (Å²) in [6.45, 7) is 0.753. The average Bonchev–Trinajstić information content (AvgIpc) is 2.15. The molecule has 3 N–H and O–H groups in total. The van der Waals surface area contributed by atoms with Gasteiger partial charge in [-0.05, 0) is 31.0 Å². The van der Waals surface area contributed by atoms with Crippen molar-refractivity contribution in [2.24, 2.45) is 0 Å². The molecule has 14 heavy (non-hydrogen) atoms. The molecule has 3 nitrogen and oxygen atoms in total. The standard InChI is InChI=1S/C10H14ClNO2/c11-9-7-8(12)3-4-10(9)14-6-2-1-5-13/h3-4,7,13H,1-2,5-6,12H2. The van der Waals surface area contributed by atoms with Gasteiger partial charge in [0.1, 0.15) is 5.75 Å². The van der Waals surface area contributed by atoms with Gasteiger partial charge >= 0.3 is 0 Å². The van der Waals surface area contributed by atoms with E-state index in [4.69, 9.17) is 27.2 Å². The predicted octanol–water partition coefficient (Wildman–Crippen LogP) is 2.07. The second kappa shape index (κ2) is 5.73. The molecule has 0 heterocycles. The fourth-order valence-corrected chi connectivity index (χ4v) is 1.27. The number of rotatable bonds is 5. The van der Waals surface area contributed by atoms with Crippen LogP contribution in [-0.4, -0.2) is 18.3 Å². The van der Waals surface area contributed by atoms with Crippen LogP contribution in [0.1, 0.15) is 12.8 Å². The van der Waals surface area contributed by atoms with Crippen molar-refractivity contribution in [1.29, 1.82) is 0 Å². The number of anilines is 1. The molecule has 78 valence electrons. The summed E-state index contributed by atoms with van der Waals surface area (Å²) in [5, 5.41) is 9.08. The molecule has 0 spiro atoms. The third kappa shape index (κ3) is 3.44. The first-order valence-electron chi connectivity index (χ1n) is 4.52.